The summed E-state index contributed by atoms with van der Waals surface area (Å²) in [6.45, 7) is 1.77. The Morgan fingerprint density at radius 3 is 2.66 bits per heavy atom. The van der Waals surface area contributed by atoms with E-state index >= 15 is 0 Å². The van der Waals surface area contributed by atoms with Crippen LogP contribution in [0.25, 0.3) is 11.4 Å². The van der Waals surface area contributed by atoms with Crippen molar-refractivity contribution in [3.63, 3.8) is 0 Å². The highest BCUT2D eigenvalue weighted by atomic mass is 19.1. The number of halogens is 1. The number of hydrogen-bond acceptors (Lipinski definition) is 6. The zero-order valence-corrected chi connectivity index (χ0v) is 15.8. The Balaban J connectivity index is 1.39. The van der Waals surface area contributed by atoms with Gasteiger partial charge in [0.2, 0.25) is 5.82 Å². The van der Waals surface area contributed by atoms with Crippen LogP contribution in [-0.2, 0) is 16.1 Å². The van der Waals surface area contributed by atoms with Gasteiger partial charge in [0.15, 0.2) is 0 Å². The van der Waals surface area contributed by atoms with Crippen molar-refractivity contribution in [1.82, 2.24) is 36.0 Å². The number of amides is 4. The molecule has 1 aliphatic carbocycles. The number of nitrogens with zero attached hydrogens (tertiary/aromatic N) is 5. The number of imide groups is 1. The summed E-state index contributed by atoms with van der Waals surface area (Å²) in [6, 6.07) is 4.88. The topological polar surface area (TPSA) is 122 Å². The summed E-state index contributed by atoms with van der Waals surface area (Å²) in [5.41, 5.74) is 1.93. The van der Waals surface area contributed by atoms with Gasteiger partial charge in [0.05, 0.1) is 0 Å². The summed E-state index contributed by atoms with van der Waals surface area (Å²) >= 11 is 0. The monoisotopic (exact) mass is 401 g/mol. The summed E-state index contributed by atoms with van der Waals surface area (Å²) in [5.74, 6) is -0.746. The Labute approximate surface area is 165 Å². The van der Waals surface area contributed by atoms with E-state index in [0.717, 1.165) is 22.6 Å². The zero-order chi connectivity index (χ0) is 20.6. The molecule has 1 aromatic carbocycles. The highest BCUT2D eigenvalue weighted by molar-refractivity contribution is 6.07. The molecule has 0 atom stereocenters. The maximum absolute atomic E-state index is 13.0. The predicted molar refractivity (Wildman–Crippen MR) is 97.1 cm³/mol. The second kappa shape index (κ2) is 7.22. The third kappa shape index (κ3) is 3.67. The number of tetrazole rings is 1. The normalized spacial score (nSPS) is 24.1. The molecule has 0 unspecified atom stereocenters. The predicted octanol–water partition coefficient (Wildman–Crippen LogP) is 1.01. The largest absolute Gasteiger partial charge is 0.344 e. The number of hydrogen-bond donors (Lipinski definition) is 2. The maximum Gasteiger partial charge on any atom is 0.344 e. The van der Waals surface area contributed by atoms with E-state index in [1.54, 1.807) is 0 Å². The highest BCUT2D eigenvalue weighted by Gasteiger charge is 2.52. The molecular weight excluding hydrogens is 381 g/mol. The quantitative estimate of drug-likeness (QED) is 0.738. The molecule has 1 saturated carbocycles. The molecule has 11 heteroatoms. The minimum absolute atomic E-state index is 0.225. The van der Waals surface area contributed by atoms with Crippen LogP contribution < -0.4 is 10.7 Å². The zero-order valence-electron chi connectivity index (χ0n) is 15.8. The Morgan fingerprint density at radius 2 is 1.97 bits per heavy atom. The van der Waals surface area contributed by atoms with E-state index in [-0.39, 0.29) is 18.2 Å². The lowest BCUT2D eigenvalue weighted by Crippen LogP contribution is -2.52. The second-order valence-corrected chi connectivity index (χ2v) is 7.52. The lowest BCUT2D eigenvalue weighted by Gasteiger charge is -2.33. The van der Waals surface area contributed by atoms with Crippen LogP contribution in [0.3, 0.4) is 0 Å². The van der Waals surface area contributed by atoms with E-state index in [0.29, 0.717) is 24.3 Å². The number of rotatable bonds is 4. The van der Waals surface area contributed by atoms with Crippen LogP contribution in [0.1, 0.15) is 32.6 Å². The Bertz CT molecular complexity index is 951. The van der Waals surface area contributed by atoms with Gasteiger partial charge < -0.3 is 5.32 Å². The van der Waals surface area contributed by atoms with Gasteiger partial charge in [0.1, 0.15) is 17.9 Å². The van der Waals surface area contributed by atoms with Gasteiger partial charge in [-0.3, -0.25) is 15.0 Å². The third-order valence-electron chi connectivity index (χ3n) is 5.37. The van der Waals surface area contributed by atoms with Crippen LogP contribution in [0, 0.1) is 11.7 Å². The average Bonchev–Trinajstić information content (AvgIpc) is 3.24. The molecule has 2 N–H and O–H groups in total. The van der Waals surface area contributed by atoms with Crippen molar-refractivity contribution in [2.75, 3.05) is 0 Å². The van der Waals surface area contributed by atoms with Crippen molar-refractivity contribution >= 4 is 17.8 Å². The lowest BCUT2D eigenvalue weighted by atomic mass is 9.77. The Kier molecular flexibility index (Phi) is 4.73. The summed E-state index contributed by atoms with van der Waals surface area (Å²) in [6.07, 6.45) is 2.78. The number of urea groups is 1. The summed E-state index contributed by atoms with van der Waals surface area (Å²) in [5, 5.41) is 15.1. The van der Waals surface area contributed by atoms with Gasteiger partial charge in [0, 0.05) is 5.56 Å². The van der Waals surface area contributed by atoms with Crippen molar-refractivity contribution in [3.05, 3.63) is 30.1 Å². The number of nitrogens with one attached hydrogen (secondary N) is 2. The van der Waals surface area contributed by atoms with E-state index in [1.807, 2.05) is 0 Å². The van der Waals surface area contributed by atoms with Crippen molar-refractivity contribution < 1.29 is 18.8 Å². The first-order valence-corrected chi connectivity index (χ1v) is 9.36. The van der Waals surface area contributed by atoms with Gasteiger partial charge in [-0.05, 0) is 61.1 Å². The average molecular weight is 401 g/mol. The van der Waals surface area contributed by atoms with Gasteiger partial charge >= 0.3 is 6.03 Å². The van der Waals surface area contributed by atoms with Crippen LogP contribution >= 0.6 is 0 Å². The first-order valence-electron chi connectivity index (χ1n) is 9.36. The smallest absolute Gasteiger partial charge is 0.322 e. The summed E-state index contributed by atoms with van der Waals surface area (Å²) < 4.78 is 13.0. The summed E-state index contributed by atoms with van der Waals surface area (Å²) in [7, 11) is 0. The fourth-order valence-corrected chi connectivity index (χ4v) is 3.63. The van der Waals surface area contributed by atoms with Gasteiger partial charge in [-0.1, -0.05) is 6.92 Å². The van der Waals surface area contributed by atoms with Crippen molar-refractivity contribution in [3.8, 4) is 11.4 Å². The van der Waals surface area contributed by atoms with Gasteiger partial charge in [-0.2, -0.15) is 9.81 Å². The number of carbonyl (C=O) groups excluding carboxylic acids is 3. The SMILES string of the molecule is CC1CCC2(CC1)NC(=O)N(NC(=O)Cn1nnc(-c3ccc(F)cc3)n1)C2=O. The number of hydrazine groups is 1. The molecule has 2 heterocycles. The molecule has 1 aromatic heterocycles. The molecule has 2 aliphatic rings. The van der Waals surface area contributed by atoms with Crippen LogP contribution in [-0.4, -0.2) is 48.6 Å². The molecule has 10 nitrogen and oxygen atoms in total. The van der Waals surface area contributed by atoms with E-state index < -0.39 is 23.4 Å². The van der Waals surface area contributed by atoms with Crippen LogP contribution in [0.15, 0.2) is 24.3 Å². The van der Waals surface area contributed by atoms with E-state index in [9.17, 15) is 18.8 Å². The molecule has 1 spiro atoms. The minimum atomic E-state index is -0.932. The molecular formula is C18H20FN7O3. The van der Waals surface area contributed by atoms with E-state index in [4.69, 9.17) is 0 Å². The maximum atomic E-state index is 13.0. The summed E-state index contributed by atoms with van der Waals surface area (Å²) in [4.78, 5) is 38.3. The molecule has 4 rings (SSSR count). The molecule has 4 amide bonds. The highest BCUT2D eigenvalue weighted by Crippen LogP contribution is 2.35. The van der Waals surface area contributed by atoms with Gasteiger partial charge in [-0.15, -0.1) is 10.2 Å². The number of carbonyl (C=O) groups is 3. The molecule has 1 saturated heterocycles. The molecule has 1 aliphatic heterocycles. The Hall–Kier alpha value is -3.37. The number of aromatic nitrogens is 4. The Morgan fingerprint density at radius 1 is 1.28 bits per heavy atom. The molecule has 0 radical (unpaired) electrons. The van der Waals surface area contributed by atoms with Crippen molar-refractivity contribution in [2.45, 2.75) is 44.7 Å². The number of benzene rings is 1. The van der Waals surface area contributed by atoms with Crippen molar-refractivity contribution in [2.24, 2.45) is 5.92 Å². The molecule has 29 heavy (non-hydrogen) atoms. The van der Waals surface area contributed by atoms with Crippen LogP contribution in [0.4, 0.5) is 9.18 Å². The van der Waals surface area contributed by atoms with Gasteiger partial charge in [0.25, 0.3) is 11.8 Å². The lowest BCUT2D eigenvalue weighted by molar-refractivity contribution is -0.140. The van der Waals surface area contributed by atoms with Gasteiger partial charge in [-0.25, -0.2) is 9.18 Å². The third-order valence-corrected chi connectivity index (χ3v) is 5.37. The molecule has 152 valence electrons. The molecule has 0 bridgehead atoms. The van der Waals surface area contributed by atoms with E-state index in [2.05, 4.69) is 33.1 Å². The standard InChI is InChI=1S/C18H20FN7O3/c1-11-6-8-18(9-7-11)16(28)26(17(29)20-18)22-14(27)10-25-23-15(21-24-25)12-2-4-13(19)5-3-12/h2-5,11H,6-10H2,1H3,(H,20,29)(H,22,27). The second-order valence-electron chi connectivity index (χ2n) is 7.52. The minimum Gasteiger partial charge on any atom is -0.322 e. The van der Waals surface area contributed by atoms with Crippen LogP contribution in [0.5, 0.6) is 0 Å². The van der Waals surface area contributed by atoms with Crippen LogP contribution in [0.2, 0.25) is 0 Å². The molecule has 2 aromatic rings. The first-order chi connectivity index (χ1) is 13.9. The van der Waals surface area contributed by atoms with E-state index in [1.165, 1.54) is 24.3 Å². The van der Waals surface area contributed by atoms with Crippen molar-refractivity contribution in [1.29, 1.82) is 0 Å². The first kappa shape index (κ1) is 19.0. The molecule has 2 fully saturated rings. The fourth-order valence-electron chi connectivity index (χ4n) is 3.63. The fraction of sp³-hybridized carbons (Fsp3) is 0.444.